The molecule has 0 aromatic carbocycles. The minimum atomic E-state index is -4.03. The molecule has 9 atom stereocenters. The van der Waals surface area contributed by atoms with Gasteiger partial charge in [0.1, 0.15) is 48.1 Å². The number of nitrogens with zero attached hydrogens (tertiary/aromatic N) is 8. The largest absolute Gasteiger partial charge is 0.386 e. The van der Waals surface area contributed by atoms with Crippen LogP contribution in [0.4, 0.5) is 11.6 Å². The monoisotopic (exact) mass is 762 g/mol. The van der Waals surface area contributed by atoms with Gasteiger partial charge in [0.15, 0.2) is 35.4 Å². The Morgan fingerprint density at radius 2 is 1.55 bits per heavy atom. The van der Waals surface area contributed by atoms with Crippen LogP contribution < -0.4 is 11.5 Å². The second-order valence-corrected chi connectivity index (χ2v) is 17.0. The van der Waals surface area contributed by atoms with Crippen molar-refractivity contribution in [3.05, 3.63) is 25.3 Å². The minimum absolute atomic E-state index is 0.153. The summed E-state index contributed by atoms with van der Waals surface area (Å²) in [6.45, 7) is -4.97. The summed E-state index contributed by atoms with van der Waals surface area (Å²) < 4.78 is 62.9. The van der Waals surface area contributed by atoms with Gasteiger partial charge in [-0.25, -0.2) is 34.5 Å². The van der Waals surface area contributed by atoms with E-state index in [0.717, 1.165) is 0 Å². The highest BCUT2D eigenvalue weighted by molar-refractivity contribution is 8.44. The summed E-state index contributed by atoms with van der Waals surface area (Å²) in [7, 11) is 2.97. The molecule has 6 heterocycles. The smallest absolute Gasteiger partial charge is 0.382 e. The van der Waals surface area contributed by atoms with E-state index < -0.39 is 62.6 Å². The zero-order valence-electron chi connectivity index (χ0n) is 26.7. The number of nitrogens with two attached hydrogens (primary N) is 2. The van der Waals surface area contributed by atoms with Crippen molar-refractivity contribution in [1.82, 2.24) is 39.0 Å². The van der Waals surface area contributed by atoms with Crippen molar-refractivity contribution >= 4 is 71.5 Å². The lowest BCUT2D eigenvalue weighted by atomic mass is 10.1. The number of thiol groups is 1. The molecule has 2 fully saturated rings. The van der Waals surface area contributed by atoms with Gasteiger partial charge in [0, 0.05) is 20.6 Å². The molecular weight excluding hydrogens is 726 g/mol. The first-order chi connectivity index (χ1) is 23.3. The molecule has 20 nitrogen and oxygen atoms in total. The average molecular weight is 763 g/mol. The van der Waals surface area contributed by atoms with Gasteiger partial charge < -0.3 is 39.8 Å². The van der Waals surface area contributed by atoms with Crippen molar-refractivity contribution in [2.24, 2.45) is 0 Å². The third kappa shape index (κ3) is 7.76. The molecule has 268 valence electrons. The minimum Gasteiger partial charge on any atom is -0.382 e. The molecule has 0 amide bonds. The van der Waals surface area contributed by atoms with Gasteiger partial charge >= 0.3 is 13.5 Å². The Bertz CT molecular complexity index is 1890. The van der Waals surface area contributed by atoms with Crippen LogP contribution >= 0.6 is 25.8 Å². The van der Waals surface area contributed by atoms with Gasteiger partial charge in [0.25, 0.3) is 0 Å². The van der Waals surface area contributed by atoms with Crippen LogP contribution in [0.5, 0.6) is 0 Å². The number of ether oxygens (including phenoxy) is 4. The Labute approximate surface area is 290 Å². The molecule has 4 aromatic rings. The highest BCUT2D eigenvalue weighted by atomic mass is 32.7. The second kappa shape index (κ2) is 14.7. The van der Waals surface area contributed by atoms with E-state index in [1.807, 2.05) is 0 Å². The van der Waals surface area contributed by atoms with Crippen LogP contribution in [-0.4, -0.2) is 108 Å². The molecule has 2 aliphatic heterocycles. The van der Waals surface area contributed by atoms with Crippen LogP contribution in [0.25, 0.3) is 22.3 Å². The number of anilines is 2. The maximum Gasteiger partial charge on any atom is 0.386 e. The van der Waals surface area contributed by atoms with Crippen molar-refractivity contribution in [1.29, 1.82) is 0 Å². The van der Waals surface area contributed by atoms with E-state index in [4.69, 9.17) is 60.3 Å². The third-order valence-electron chi connectivity index (χ3n) is 7.75. The molecule has 24 heteroatoms. The summed E-state index contributed by atoms with van der Waals surface area (Å²) in [6, 6.07) is 0. The Kier molecular flexibility index (Phi) is 10.9. The van der Waals surface area contributed by atoms with E-state index in [1.165, 1.54) is 26.1 Å². The van der Waals surface area contributed by atoms with Crippen LogP contribution in [0.2, 0.25) is 0 Å². The van der Waals surface area contributed by atoms with Crippen LogP contribution in [0, 0.1) is 0 Å². The first-order valence-corrected chi connectivity index (χ1v) is 20.1. The normalized spacial score (nSPS) is 28.4. The number of hydrogen-bond acceptors (Lipinski definition) is 18. The molecule has 5 N–H and O–H groups in total. The molecule has 6 rings (SSSR count). The maximum absolute atomic E-state index is 12.9. The fourth-order valence-electron chi connectivity index (χ4n) is 5.66. The zero-order chi connectivity index (χ0) is 35.1. The van der Waals surface area contributed by atoms with Crippen LogP contribution in [0.15, 0.2) is 25.3 Å². The number of fused-ring (bicyclic) bond motifs is 2. The van der Waals surface area contributed by atoms with Crippen molar-refractivity contribution in [2.75, 3.05) is 38.9 Å². The highest BCUT2D eigenvalue weighted by Crippen LogP contribution is 2.55. The Morgan fingerprint density at radius 1 is 0.939 bits per heavy atom. The quantitative estimate of drug-likeness (QED) is 0.106. The summed E-state index contributed by atoms with van der Waals surface area (Å²) in [4.78, 5) is 36.4. The zero-order valence-corrected chi connectivity index (χ0v) is 30.2. The maximum atomic E-state index is 12.9. The first kappa shape index (κ1) is 36.4. The van der Waals surface area contributed by atoms with E-state index in [9.17, 15) is 9.46 Å². The molecule has 4 aromatic heterocycles. The van der Waals surface area contributed by atoms with Gasteiger partial charge in [-0.1, -0.05) is 12.2 Å². The first-order valence-electron chi connectivity index (χ1n) is 14.8. The number of rotatable bonds is 14. The second-order valence-electron chi connectivity index (χ2n) is 11.3. The summed E-state index contributed by atoms with van der Waals surface area (Å²) in [5, 5.41) is 0. The summed E-state index contributed by atoms with van der Waals surface area (Å²) in [6.07, 6.45) is -0.0651. The summed E-state index contributed by atoms with van der Waals surface area (Å²) in [5.41, 5.74) is 13.5. The van der Waals surface area contributed by atoms with E-state index >= 15 is 0 Å². The number of aromatic nitrogens is 8. The molecule has 2 unspecified atom stereocenters. The van der Waals surface area contributed by atoms with E-state index in [2.05, 4.69) is 42.2 Å². The fraction of sp³-hybridized carbons (Fsp3) is 0.600. The number of nitrogen functional groups attached to an aromatic ring is 2. The summed E-state index contributed by atoms with van der Waals surface area (Å²) in [5.74, 6) is 0.392. The average Bonchev–Trinajstić information content (AvgIpc) is 3.82. The topological polar surface area (TPSA) is 250 Å². The molecule has 0 aliphatic carbocycles. The number of hydrogen-bond donors (Lipinski definition) is 4. The Balaban J connectivity index is 1.19. The predicted octanol–water partition coefficient (Wildman–Crippen LogP) is 2.14. The van der Waals surface area contributed by atoms with Gasteiger partial charge in [-0.05, 0) is 25.7 Å². The third-order valence-corrected chi connectivity index (χ3v) is 11.1. The van der Waals surface area contributed by atoms with Gasteiger partial charge in [-0.15, -0.1) is 0 Å². The van der Waals surface area contributed by atoms with Crippen LogP contribution in [0.1, 0.15) is 32.7 Å². The molecule has 2 aliphatic rings. The highest BCUT2D eigenvalue weighted by Gasteiger charge is 2.50. The van der Waals surface area contributed by atoms with Gasteiger partial charge in [-0.3, -0.25) is 22.7 Å². The molecular formula is C25H36N10O10P2S2. The van der Waals surface area contributed by atoms with Crippen molar-refractivity contribution in [2.45, 2.75) is 69.3 Å². The van der Waals surface area contributed by atoms with Crippen molar-refractivity contribution in [3.8, 4) is 0 Å². The standard InChI is InChI=1S/C25H36N10O10P2S2/c1-12(2)44-46(36,48)41-7-15-18(19(39-4)25(43-15)35-11-33-17-21(27)29-9-31-23(17)35)45-47(37,49)40-6-13-5-14(38-3)24(42-13)34-10-32-16-20(26)28-8-30-22(16)34/h8-15,18-19,24-25H,5-7H2,1-4H3,(H,36,48)(H,37,49)(H2,26,28,30)(H2,27,29,31)/t13-,14+,15+,18+,19+,24+,25+,46?,47?/m0/s1. The van der Waals surface area contributed by atoms with E-state index in [-0.39, 0.29) is 24.8 Å². The lowest BCUT2D eigenvalue weighted by molar-refractivity contribution is -0.0594. The van der Waals surface area contributed by atoms with Gasteiger partial charge in [0.2, 0.25) is 0 Å². The van der Waals surface area contributed by atoms with Crippen molar-refractivity contribution in [3.63, 3.8) is 0 Å². The SMILES string of the molecule is CO[C@@H]1[C@H](OP(O)(=S)OC[C@@H]2C[C@@H](OC)[C@H](n3cnc4c(N)ncnc43)O2)[C@@H](COP(=O)(S)OC(C)C)O[C@H]1n1cnc2c(N)ncnc21. The molecule has 49 heavy (non-hydrogen) atoms. The lowest BCUT2D eigenvalue weighted by Gasteiger charge is -2.28. The van der Waals surface area contributed by atoms with Crippen molar-refractivity contribution < 1.29 is 46.5 Å². The summed E-state index contributed by atoms with van der Waals surface area (Å²) >= 11 is 9.51. The van der Waals surface area contributed by atoms with Crippen LogP contribution in [0.3, 0.4) is 0 Å². The number of imidazole rings is 2. The predicted molar refractivity (Wildman–Crippen MR) is 180 cm³/mol. The fourth-order valence-corrected chi connectivity index (χ4v) is 8.82. The number of methoxy groups -OCH3 is 2. The van der Waals surface area contributed by atoms with Gasteiger partial charge in [0.05, 0.1) is 38.1 Å². The molecule has 0 spiro atoms. The molecule has 0 saturated carbocycles. The molecule has 0 radical (unpaired) electrons. The van der Waals surface area contributed by atoms with Gasteiger partial charge in [-0.2, -0.15) is 0 Å². The lowest BCUT2D eigenvalue weighted by Crippen LogP contribution is -2.37. The van der Waals surface area contributed by atoms with E-state index in [0.29, 0.717) is 28.7 Å². The Hall–Kier alpha value is -2.43. The van der Waals surface area contributed by atoms with E-state index in [1.54, 1.807) is 36.4 Å². The molecule has 0 bridgehead atoms. The Morgan fingerprint density at radius 3 is 2.12 bits per heavy atom. The van der Waals surface area contributed by atoms with Crippen LogP contribution in [-0.2, 0) is 53.4 Å². The molecule has 2 saturated heterocycles.